The average Bonchev–Trinajstić information content (AvgIpc) is 2.48. The van der Waals surface area contributed by atoms with Gasteiger partial charge < -0.3 is 10.5 Å². The van der Waals surface area contributed by atoms with Crippen LogP contribution in [0.4, 0.5) is 0 Å². The Kier molecular flexibility index (Phi) is 4.98. The van der Waals surface area contributed by atoms with Crippen molar-refractivity contribution in [3.8, 4) is 5.75 Å². The minimum Gasteiger partial charge on any atom is -0.494 e. The molecule has 1 aliphatic carbocycles. The third-order valence-electron chi connectivity index (χ3n) is 5.61. The molecule has 118 valence electrons. The normalized spacial score (nSPS) is 26.6. The summed E-state index contributed by atoms with van der Waals surface area (Å²) in [6, 6.07) is 8.38. The molecule has 2 rings (SSSR count). The molecule has 0 aromatic heterocycles. The van der Waals surface area contributed by atoms with Crippen molar-refractivity contribution in [2.45, 2.75) is 65.3 Å². The lowest BCUT2D eigenvalue weighted by molar-refractivity contribution is 0.115. The van der Waals surface area contributed by atoms with Gasteiger partial charge in [0.25, 0.3) is 0 Å². The van der Waals surface area contributed by atoms with E-state index in [1.54, 1.807) is 0 Å². The van der Waals surface area contributed by atoms with E-state index in [1.165, 1.54) is 24.8 Å². The summed E-state index contributed by atoms with van der Waals surface area (Å²) in [5.74, 6) is 1.74. The quantitative estimate of drug-likeness (QED) is 0.839. The topological polar surface area (TPSA) is 35.2 Å². The maximum absolute atomic E-state index is 6.74. The Bertz CT molecular complexity index is 458. The van der Waals surface area contributed by atoms with Crippen LogP contribution < -0.4 is 10.5 Å². The molecular formula is C19H31NO. The van der Waals surface area contributed by atoms with Crippen molar-refractivity contribution in [3.05, 3.63) is 29.8 Å². The lowest BCUT2D eigenvalue weighted by Crippen LogP contribution is -2.42. The van der Waals surface area contributed by atoms with Gasteiger partial charge in [0.1, 0.15) is 5.75 Å². The molecule has 1 saturated carbocycles. The van der Waals surface area contributed by atoms with Gasteiger partial charge in [-0.3, -0.25) is 0 Å². The van der Waals surface area contributed by atoms with Crippen molar-refractivity contribution >= 4 is 0 Å². The standard InChI is InChI=1S/C19H31NO/c1-5-18(3,4)15-10-12-19(20,13-11-15)16-8-7-9-17(14-16)21-6-2/h7-9,14-15H,5-6,10-13,20H2,1-4H3. The number of rotatable bonds is 5. The zero-order chi connectivity index (χ0) is 15.5. The smallest absolute Gasteiger partial charge is 0.119 e. The Morgan fingerprint density at radius 2 is 1.90 bits per heavy atom. The molecule has 2 N–H and O–H groups in total. The van der Waals surface area contributed by atoms with Crippen molar-refractivity contribution in [1.29, 1.82) is 0 Å². The second kappa shape index (κ2) is 6.39. The summed E-state index contributed by atoms with van der Waals surface area (Å²) in [6.45, 7) is 9.82. The van der Waals surface area contributed by atoms with Gasteiger partial charge >= 0.3 is 0 Å². The first kappa shape index (κ1) is 16.4. The van der Waals surface area contributed by atoms with Crippen LogP contribution in [0.1, 0.15) is 65.4 Å². The molecule has 1 fully saturated rings. The summed E-state index contributed by atoms with van der Waals surface area (Å²) in [7, 11) is 0. The molecule has 21 heavy (non-hydrogen) atoms. The number of ether oxygens (including phenoxy) is 1. The predicted octanol–water partition coefficient (Wildman–Crippen LogP) is 4.87. The zero-order valence-corrected chi connectivity index (χ0v) is 14.1. The second-order valence-corrected chi connectivity index (χ2v) is 7.23. The monoisotopic (exact) mass is 289 g/mol. The minimum atomic E-state index is -0.173. The maximum atomic E-state index is 6.74. The van der Waals surface area contributed by atoms with Gasteiger partial charge in [-0.1, -0.05) is 39.3 Å². The van der Waals surface area contributed by atoms with E-state index in [0.717, 1.165) is 24.5 Å². The van der Waals surface area contributed by atoms with Gasteiger partial charge in [0.05, 0.1) is 6.61 Å². The summed E-state index contributed by atoms with van der Waals surface area (Å²) in [4.78, 5) is 0. The predicted molar refractivity (Wildman–Crippen MR) is 89.5 cm³/mol. The van der Waals surface area contributed by atoms with Crippen molar-refractivity contribution in [3.63, 3.8) is 0 Å². The highest BCUT2D eigenvalue weighted by Gasteiger charge is 2.38. The first-order valence-corrected chi connectivity index (χ1v) is 8.43. The highest BCUT2D eigenvalue weighted by atomic mass is 16.5. The summed E-state index contributed by atoms with van der Waals surface area (Å²) < 4.78 is 5.62. The largest absolute Gasteiger partial charge is 0.494 e. The maximum Gasteiger partial charge on any atom is 0.119 e. The fourth-order valence-corrected chi connectivity index (χ4v) is 3.55. The van der Waals surface area contributed by atoms with Gasteiger partial charge in [-0.05, 0) is 61.6 Å². The molecule has 2 nitrogen and oxygen atoms in total. The van der Waals surface area contributed by atoms with Crippen LogP contribution in [-0.2, 0) is 5.54 Å². The SMILES string of the molecule is CCOc1cccc(C2(N)CCC(C(C)(C)CC)CC2)c1. The van der Waals surface area contributed by atoms with E-state index in [4.69, 9.17) is 10.5 Å². The second-order valence-electron chi connectivity index (χ2n) is 7.23. The average molecular weight is 289 g/mol. The molecule has 0 spiro atoms. The van der Waals surface area contributed by atoms with Crippen LogP contribution in [0.15, 0.2) is 24.3 Å². The molecule has 0 unspecified atom stereocenters. The van der Waals surface area contributed by atoms with E-state index >= 15 is 0 Å². The van der Waals surface area contributed by atoms with E-state index in [0.29, 0.717) is 12.0 Å². The van der Waals surface area contributed by atoms with Crippen molar-refractivity contribution in [2.75, 3.05) is 6.61 Å². The summed E-state index contributed by atoms with van der Waals surface area (Å²) >= 11 is 0. The van der Waals surface area contributed by atoms with Gasteiger partial charge in [-0.15, -0.1) is 0 Å². The van der Waals surface area contributed by atoms with E-state index < -0.39 is 0 Å². The highest BCUT2D eigenvalue weighted by Crippen LogP contribution is 2.46. The van der Waals surface area contributed by atoms with Crippen LogP contribution in [0.2, 0.25) is 0 Å². The van der Waals surface area contributed by atoms with Crippen LogP contribution in [0.5, 0.6) is 5.75 Å². The highest BCUT2D eigenvalue weighted by molar-refractivity contribution is 5.33. The lowest BCUT2D eigenvalue weighted by atomic mass is 9.64. The fourth-order valence-electron chi connectivity index (χ4n) is 3.55. The van der Waals surface area contributed by atoms with Gasteiger partial charge in [-0.25, -0.2) is 0 Å². The molecule has 0 amide bonds. The lowest BCUT2D eigenvalue weighted by Gasteiger charge is -2.43. The summed E-state index contributed by atoms with van der Waals surface area (Å²) in [5.41, 5.74) is 8.24. The Balaban J connectivity index is 2.10. The Hall–Kier alpha value is -1.02. The molecule has 2 heteroatoms. The number of benzene rings is 1. The molecule has 0 atom stereocenters. The van der Waals surface area contributed by atoms with Crippen molar-refractivity contribution in [1.82, 2.24) is 0 Å². The molecule has 1 aromatic rings. The first-order valence-electron chi connectivity index (χ1n) is 8.43. The third kappa shape index (κ3) is 3.60. The number of hydrogen-bond donors (Lipinski definition) is 1. The van der Waals surface area contributed by atoms with Crippen molar-refractivity contribution in [2.24, 2.45) is 17.1 Å². The van der Waals surface area contributed by atoms with Crippen LogP contribution >= 0.6 is 0 Å². The van der Waals surface area contributed by atoms with Crippen LogP contribution in [0, 0.1) is 11.3 Å². The van der Waals surface area contributed by atoms with Gasteiger partial charge in [-0.2, -0.15) is 0 Å². The number of hydrogen-bond acceptors (Lipinski definition) is 2. The molecule has 1 aromatic carbocycles. The minimum absolute atomic E-state index is 0.173. The van der Waals surface area contributed by atoms with Gasteiger partial charge in [0, 0.05) is 5.54 Å². The van der Waals surface area contributed by atoms with E-state index in [-0.39, 0.29) is 5.54 Å². The van der Waals surface area contributed by atoms with E-state index in [9.17, 15) is 0 Å². The molecule has 0 radical (unpaired) electrons. The Labute approximate surface area is 130 Å². The third-order valence-corrected chi connectivity index (χ3v) is 5.61. The Morgan fingerprint density at radius 3 is 2.48 bits per heavy atom. The van der Waals surface area contributed by atoms with E-state index in [1.807, 2.05) is 13.0 Å². The van der Waals surface area contributed by atoms with Crippen LogP contribution in [0.3, 0.4) is 0 Å². The molecule has 0 aliphatic heterocycles. The molecule has 0 saturated heterocycles. The molecule has 0 heterocycles. The van der Waals surface area contributed by atoms with Crippen LogP contribution in [0.25, 0.3) is 0 Å². The van der Waals surface area contributed by atoms with E-state index in [2.05, 4.69) is 39.0 Å². The van der Waals surface area contributed by atoms with Gasteiger partial charge in [0.2, 0.25) is 0 Å². The van der Waals surface area contributed by atoms with Gasteiger partial charge in [0.15, 0.2) is 0 Å². The van der Waals surface area contributed by atoms with Crippen LogP contribution in [-0.4, -0.2) is 6.61 Å². The zero-order valence-electron chi connectivity index (χ0n) is 14.1. The summed E-state index contributed by atoms with van der Waals surface area (Å²) in [5, 5.41) is 0. The van der Waals surface area contributed by atoms with Crippen molar-refractivity contribution < 1.29 is 4.74 Å². The Morgan fingerprint density at radius 1 is 1.24 bits per heavy atom. The molecule has 1 aliphatic rings. The molecular weight excluding hydrogens is 258 g/mol. The number of nitrogens with two attached hydrogens (primary N) is 1. The molecule has 0 bridgehead atoms. The summed E-state index contributed by atoms with van der Waals surface area (Å²) in [6.07, 6.45) is 5.87. The fraction of sp³-hybridized carbons (Fsp3) is 0.684. The first-order chi connectivity index (χ1) is 9.91.